The second-order valence-corrected chi connectivity index (χ2v) is 6.98. The number of para-hydroxylation sites is 1. The Labute approximate surface area is 195 Å². The fourth-order valence-corrected chi connectivity index (χ4v) is 2.84. The number of nitrogens with zero attached hydrogens (tertiary/aromatic N) is 1. The zero-order chi connectivity index (χ0) is 23.6. The molecule has 0 saturated carbocycles. The number of carbonyl (C=O) groups is 3. The van der Waals surface area contributed by atoms with Crippen molar-refractivity contribution in [2.75, 3.05) is 11.9 Å². The predicted octanol–water partition coefficient (Wildman–Crippen LogP) is 4.05. The van der Waals surface area contributed by atoms with Crippen molar-refractivity contribution >= 4 is 41.3 Å². The Morgan fingerprint density at radius 1 is 0.970 bits per heavy atom. The Morgan fingerprint density at radius 3 is 2.45 bits per heavy atom. The molecule has 33 heavy (non-hydrogen) atoms. The number of anilines is 1. The molecule has 0 aliphatic heterocycles. The number of ether oxygens (including phenoxy) is 2. The topological polar surface area (TPSA) is 106 Å². The average molecular weight is 466 g/mol. The molecule has 0 aliphatic rings. The van der Waals surface area contributed by atoms with E-state index in [1.54, 1.807) is 66.7 Å². The van der Waals surface area contributed by atoms with Crippen LogP contribution < -0.4 is 20.2 Å². The number of nitrogens with one attached hydrogen (secondary N) is 2. The van der Waals surface area contributed by atoms with E-state index in [0.29, 0.717) is 28.6 Å². The first-order valence-corrected chi connectivity index (χ1v) is 10.3. The third kappa shape index (κ3) is 6.91. The van der Waals surface area contributed by atoms with Gasteiger partial charge in [0.2, 0.25) is 0 Å². The zero-order valence-electron chi connectivity index (χ0n) is 17.6. The van der Waals surface area contributed by atoms with Crippen LogP contribution in [-0.4, -0.2) is 30.6 Å². The lowest BCUT2D eigenvalue weighted by Crippen LogP contribution is -2.32. The van der Waals surface area contributed by atoms with Gasteiger partial charge in [0.15, 0.2) is 0 Å². The molecule has 0 fully saturated rings. The quantitative estimate of drug-likeness (QED) is 0.180. The van der Waals surface area contributed by atoms with Crippen molar-refractivity contribution in [1.82, 2.24) is 5.43 Å². The maximum absolute atomic E-state index is 12.4. The highest BCUT2D eigenvalue weighted by atomic mass is 35.5. The fraction of sp³-hybridized carbons (Fsp3) is 0.0833. The van der Waals surface area contributed by atoms with Gasteiger partial charge in [0.05, 0.1) is 18.4 Å². The average Bonchev–Trinajstić information content (AvgIpc) is 2.81. The van der Waals surface area contributed by atoms with Crippen molar-refractivity contribution in [3.63, 3.8) is 0 Å². The van der Waals surface area contributed by atoms with Crippen molar-refractivity contribution in [3.05, 3.63) is 88.9 Å². The van der Waals surface area contributed by atoms with Gasteiger partial charge in [0.1, 0.15) is 11.5 Å². The molecule has 0 atom stereocenters. The summed E-state index contributed by atoms with van der Waals surface area (Å²) >= 11 is 5.91. The molecule has 3 aromatic rings. The molecule has 0 bridgehead atoms. The molecule has 168 valence electrons. The van der Waals surface area contributed by atoms with Crippen molar-refractivity contribution in [3.8, 4) is 11.5 Å². The number of carbonyl (C=O) groups excluding carboxylic acids is 3. The predicted molar refractivity (Wildman–Crippen MR) is 125 cm³/mol. The zero-order valence-corrected chi connectivity index (χ0v) is 18.3. The summed E-state index contributed by atoms with van der Waals surface area (Å²) in [6.07, 6.45) is 1.27. The highest BCUT2D eigenvalue weighted by Gasteiger charge is 2.14. The maximum Gasteiger partial charge on any atom is 0.343 e. The van der Waals surface area contributed by atoms with Gasteiger partial charge in [-0.15, -0.1) is 0 Å². The Hall–Kier alpha value is -4.17. The monoisotopic (exact) mass is 465 g/mol. The van der Waals surface area contributed by atoms with Gasteiger partial charge in [-0.2, -0.15) is 5.10 Å². The maximum atomic E-state index is 12.4. The number of rotatable bonds is 7. The SMILES string of the molecule is CCOc1ccc(NC(=O)C(=O)N/N=C/c2ccccc2OC(=O)c2cccc(Cl)c2)cc1. The molecule has 0 saturated heterocycles. The van der Waals surface area contributed by atoms with Gasteiger partial charge in [0, 0.05) is 16.3 Å². The van der Waals surface area contributed by atoms with Crippen LogP contribution in [-0.2, 0) is 9.59 Å². The first kappa shape index (κ1) is 23.5. The van der Waals surface area contributed by atoms with Gasteiger partial charge in [0.25, 0.3) is 0 Å². The highest BCUT2D eigenvalue weighted by molar-refractivity contribution is 6.39. The molecule has 0 heterocycles. The molecule has 0 aliphatic carbocycles. The molecule has 0 radical (unpaired) electrons. The van der Waals surface area contributed by atoms with Gasteiger partial charge in [-0.3, -0.25) is 9.59 Å². The minimum absolute atomic E-state index is 0.222. The first-order chi connectivity index (χ1) is 16.0. The van der Waals surface area contributed by atoms with Gasteiger partial charge >= 0.3 is 17.8 Å². The first-order valence-electron chi connectivity index (χ1n) is 9.90. The second kappa shape index (κ2) is 11.4. The summed E-state index contributed by atoms with van der Waals surface area (Å²) in [4.78, 5) is 36.4. The molecule has 8 nitrogen and oxygen atoms in total. The fourth-order valence-electron chi connectivity index (χ4n) is 2.65. The van der Waals surface area contributed by atoms with Crippen LogP contribution in [0.4, 0.5) is 5.69 Å². The minimum Gasteiger partial charge on any atom is -0.494 e. The van der Waals surface area contributed by atoms with E-state index in [-0.39, 0.29) is 11.3 Å². The van der Waals surface area contributed by atoms with E-state index in [9.17, 15) is 14.4 Å². The summed E-state index contributed by atoms with van der Waals surface area (Å²) in [5.41, 5.74) is 3.27. The van der Waals surface area contributed by atoms with Gasteiger partial charge in [-0.25, -0.2) is 10.2 Å². The number of halogens is 1. The Bertz CT molecular complexity index is 1180. The number of esters is 1. The summed E-state index contributed by atoms with van der Waals surface area (Å²) in [5.74, 6) is -1.58. The van der Waals surface area contributed by atoms with Crippen LogP contribution in [0.5, 0.6) is 11.5 Å². The lowest BCUT2D eigenvalue weighted by molar-refractivity contribution is -0.136. The van der Waals surface area contributed by atoms with E-state index in [2.05, 4.69) is 15.8 Å². The molecule has 0 unspecified atom stereocenters. The van der Waals surface area contributed by atoms with Gasteiger partial charge < -0.3 is 14.8 Å². The lowest BCUT2D eigenvalue weighted by atomic mass is 10.2. The summed E-state index contributed by atoms with van der Waals surface area (Å²) in [7, 11) is 0. The van der Waals surface area contributed by atoms with Crippen molar-refractivity contribution in [2.24, 2.45) is 5.10 Å². The lowest BCUT2D eigenvalue weighted by Gasteiger charge is -2.08. The van der Waals surface area contributed by atoms with Crippen LogP contribution in [0, 0.1) is 0 Å². The van der Waals surface area contributed by atoms with Crippen LogP contribution >= 0.6 is 11.6 Å². The molecule has 2 amide bonds. The summed E-state index contributed by atoms with van der Waals surface area (Å²) in [6, 6.07) is 19.5. The van der Waals surface area contributed by atoms with Gasteiger partial charge in [-0.1, -0.05) is 29.8 Å². The van der Waals surface area contributed by atoms with E-state index in [4.69, 9.17) is 21.1 Å². The van der Waals surface area contributed by atoms with E-state index in [1.165, 1.54) is 12.3 Å². The molecular weight excluding hydrogens is 446 g/mol. The van der Waals surface area contributed by atoms with E-state index >= 15 is 0 Å². The largest absolute Gasteiger partial charge is 0.494 e. The number of amides is 2. The van der Waals surface area contributed by atoms with Crippen molar-refractivity contribution in [1.29, 1.82) is 0 Å². The summed E-state index contributed by atoms with van der Waals surface area (Å²) in [6.45, 7) is 2.39. The summed E-state index contributed by atoms with van der Waals surface area (Å²) in [5, 5.41) is 6.65. The highest BCUT2D eigenvalue weighted by Crippen LogP contribution is 2.19. The van der Waals surface area contributed by atoms with Crippen LogP contribution in [0.2, 0.25) is 5.02 Å². The minimum atomic E-state index is -0.964. The number of benzene rings is 3. The molecule has 2 N–H and O–H groups in total. The van der Waals surface area contributed by atoms with Crippen molar-refractivity contribution < 1.29 is 23.9 Å². The summed E-state index contributed by atoms with van der Waals surface area (Å²) < 4.78 is 10.7. The number of hydrogen-bond donors (Lipinski definition) is 2. The molecule has 9 heteroatoms. The smallest absolute Gasteiger partial charge is 0.343 e. The molecule has 0 aromatic heterocycles. The molecule has 3 rings (SSSR count). The van der Waals surface area contributed by atoms with Crippen LogP contribution in [0.1, 0.15) is 22.8 Å². The van der Waals surface area contributed by atoms with E-state index in [1.807, 2.05) is 6.92 Å². The van der Waals surface area contributed by atoms with Crippen molar-refractivity contribution in [2.45, 2.75) is 6.92 Å². The molecular formula is C24H20ClN3O5. The molecule has 0 spiro atoms. The third-order valence-corrected chi connectivity index (χ3v) is 4.42. The van der Waals surface area contributed by atoms with E-state index < -0.39 is 17.8 Å². The van der Waals surface area contributed by atoms with Gasteiger partial charge in [-0.05, 0) is 61.5 Å². The Morgan fingerprint density at radius 2 is 1.73 bits per heavy atom. The standard InChI is InChI=1S/C24H20ClN3O5/c1-2-32-20-12-10-19(11-13-20)27-22(29)23(30)28-26-15-17-6-3-4-9-21(17)33-24(31)16-7-5-8-18(25)14-16/h3-15H,2H2,1H3,(H,27,29)(H,28,30)/b26-15+. The Kier molecular flexibility index (Phi) is 8.15. The van der Waals surface area contributed by atoms with Crippen LogP contribution in [0.25, 0.3) is 0 Å². The second-order valence-electron chi connectivity index (χ2n) is 6.55. The van der Waals surface area contributed by atoms with Crippen LogP contribution in [0.3, 0.4) is 0 Å². The van der Waals surface area contributed by atoms with Crippen LogP contribution in [0.15, 0.2) is 77.9 Å². The normalized spacial score (nSPS) is 10.5. The number of hydrazone groups is 1. The third-order valence-electron chi connectivity index (χ3n) is 4.18. The number of hydrogen-bond acceptors (Lipinski definition) is 6. The Balaban J connectivity index is 1.59. The van der Waals surface area contributed by atoms with E-state index in [0.717, 1.165) is 0 Å². The molecule has 3 aromatic carbocycles.